The third kappa shape index (κ3) is 3.90. The number of imidazole rings is 1. The van der Waals surface area contributed by atoms with Gasteiger partial charge in [0.25, 0.3) is 0 Å². The van der Waals surface area contributed by atoms with Crippen LogP contribution in [0.3, 0.4) is 0 Å². The summed E-state index contributed by atoms with van der Waals surface area (Å²) in [7, 11) is 0. The van der Waals surface area contributed by atoms with E-state index in [0.717, 1.165) is 42.7 Å². The third-order valence-electron chi connectivity index (χ3n) is 5.00. The molecule has 1 saturated heterocycles. The lowest BCUT2D eigenvalue weighted by Crippen LogP contribution is -2.43. The second kappa shape index (κ2) is 7.56. The number of piperidine rings is 1. The lowest BCUT2D eigenvalue weighted by molar-refractivity contribution is 0.171. The molecule has 0 radical (unpaired) electrons. The van der Waals surface area contributed by atoms with Crippen molar-refractivity contribution in [1.82, 2.24) is 19.4 Å². The maximum Gasteiger partial charge on any atom is 0.321 e. The van der Waals surface area contributed by atoms with Gasteiger partial charge in [0, 0.05) is 25.8 Å². The number of amides is 2. The van der Waals surface area contributed by atoms with Crippen LogP contribution in [-0.4, -0.2) is 38.6 Å². The van der Waals surface area contributed by atoms with Crippen molar-refractivity contribution in [2.45, 2.75) is 26.3 Å². The molecule has 3 heterocycles. The number of fused-ring (bicyclic) bond motifs is 1. The molecule has 140 valence electrons. The van der Waals surface area contributed by atoms with Crippen LogP contribution in [0.15, 0.2) is 42.9 Å². The van der Waals surface area contributed by atoms with Crippen LogP contribution >= 0.6 is 11.6 Å². The topological polar surface area (TPSA) is 63.1 Å². The highest BCUT2D eigenvalue weighted by atomic mass is 35.5. The minimum absolute atomic E-state index is 0.0981. The maximum atomic E-state index is 12.7. The molecule has 1 aromatic carbocycles. The molecule has 1 unspecified atom stereocenters. The largest absolute Gasteiger partial charge is 0.324 e. The summed E-state index contributed by atoms with van der Waals surface area (Å²) in [5.74, 6) is 0.373. The number of rotatable bonds is 3. The van der Waals surface area contributed by atoms with E-state index in [1.54, 1.807) is 6.20 Å². The number of likely N-dealkylation sites (tertiary alicyclic amines) is 1. The van der Waals surface area contributed by atoms with Crippen molar-refractivity contribution in [3.05, 3.63) is 53.4 Å². The molecule has 27 heavy (non-hydrogen) atoms. The summed E-state index contributed by atoms with van der Waals surface area (Å²) in [6.45, 7) is 4.25. The van der Waals surface area contributed by atoms with Crippen LogP contribution < -0.4 is 5.32 Å². The summed E-state index contributed by atoms with van der Waals surface area (Å²) < 4.78 is 2.08. The zero-order valence-corrected chi connectivity index (χ0v) is 16.0. The van der Waals surface area contributed by atoms with Gasteiger partial charge in [-0.15, -0.1) is 0 Å². The molecule has 2 aromatic heterocycles. The first-order chi connectivity index (χ1) is 13.1. The molecule has 0 aliphatic carbocycles. The number of halogens is 1. The van der Waals surface area contributed by atoms with Gasteiger partial charge in [-0.25, -0.2) is 14.8 Å². The number of nitrogens with one attached hydrogen (secondary N) is 1. The molecule has 3 aromatic rings. The minimum Gasteiger partial charge on any atom is -0.324 e. The van der Waals surface area contributed by atoms with Crippen LogP contribution in [0.5, 0.6) is 0 Å². The molecular formula is C20H22ClN5O. The summed E-state index contributed by atoms with van der Waals surface area (Å²) in [6.07, 6.45) is 5.69. The van der Waals surface area contributed by atoms with Gasteiger partial charge in [0.2, 0.25) is 0 Å². The average Bonchev–Trinajstić information content (AvgIpc) is 3.07. The quantitative estimate of drug-likeness (QED) is 0.731. The lowest BCUT2D eigenvalue weighted by Gasteiger charge is -2.33. The molecule has 7 heteroatoms. The molecule has 1 aliphatic rings. The van der Waals surface area contributed by atoms with Crippen molar-refractivity contribution in [3.63, 3.8) is 0 Å². The van der Waals surface area contributed by atoms with E-state index in [0.29, 0.717) is 23.2 Å². The summed E-state index contributed by atoms with van der Waals surface area (Å²) in [4.78, 5) is 23.4. The van der Waals surface area contributed by atoms with Crippen molar-refractivity contribution >= 4 is 34.5 Å². The Hall–Kier alpha value is -2.60. The molecule has 0 spiro atoms. The number of aromatic nitrogens is 3. The first-order valence-corrected chi connectivity index (χ1v) is 9.56. The predicted octanol–water partition coefficient (Wildman–Crippen LogP) is 4.34. The van der Waals surface area contributed by atoms with Gasteiger partial charge in [-0.3, -0.25) is 0 Å². The molecule has 1 aliphatic heterocycles. The van der Waals surface area contributed by atoms with E-state index >= 15 is 0 Å². The number of anilines is 1. The normalized spacial score (nSPS) is 17.3. The number of pyridine rings is 1. The Morgan fingerprint density at radius 1 is 1.33 bits per heavy atom. The molecule has 1 atom stereocenters. The number of urea groups is 1. The third-order valence-corrected chi connectivity index (χ3v) is 5.31. The fourth-order valence-corrected chi connectivity index (χ4v) is 3.91. The maximum absolute atomic E-state index is 12.7. The SMILES string of the molecule is Cc1ccc(NC(=O)N2CCCC(Cn3cnc4cccnc43)C2)c(Cl)c1. The lowest BCUT2D eigenvalue weighted by atomic mass is 9.98. The van der Waals surface area contributed by atoms with Crippen LogP contribution in [-0.2, 0) is 6.54 Å². The predicted molar refractivity (Wildman–Crippen MR) is 107 cm³/mol. The van der Waals surface area contributed by atoms with Crippen LogP contribution in [0.4, 0.5) is 10.5 Å². The Morgan fingerprint density at radius 2 is 2.22 bits per heavy atom. The van der Waals surface area contributed by atoms with E-state index < -0.39 is 0 Å². The van der Waals surface area contributed by atoms with Gasteiger partial charge in [0.15, 0.2) is 5.65 Å². The van der Waals surface area contributed by atoms with E-state index in [1.807, 2.05) is 48.5 Å². The first-order valence-electron chi connectivity index (χ1n) is 9.18. The van der Waals surface area contributed by atoms with E-state index in [2.05, 4.69) is 19.9 Å². The van der Waals surface area contributed by atoms with Crippen LogP contribution in [0, 0.1) is 12.8 Å². The summed E-state index contributed by atoms with van der Waals surface area (Å²) >= 11 is 6.24. The number of aryl methyl sites for hydroxylation is 1. The van der Waals surface area contributed by atoms with Gasteiger partial charge >= 0.3 is 6.03 Å². The molecule has 4 rings (SSSR count). The number of hydrogen-bond acceptors (Lipinski definition) is 3. The standard InChI is InChI=1S/C20H22ClN5O/c1-14-6-7-17(16(21)10-14)24-20(27)25-9-3-4-15(11-25)12-26-13-23-18-5-2-8-22-19(18)26/h2,5-8,10,13,15H,3-4,9,11-12H2,1H3,(H,24,27). The Kier molecular flexibility index (Phi) is 4.99. The van der Waals surface area contributed by atoms with Crippen LogP contribution in [0.2, 0.25) is 5.02 Å². The molecule has 1 fully saturated rings. The smallest absolute Gasteiger partial charge is 0.321 e. The van der Waals surface area contributed by atoms with Crippen molar-refractivity contribution in [3.8, 4) is 0 Å². The number of carbonyl (C=O) groups excluding carboxylic acids is 1. The molecular weight excluding hydrogens is 362 g/mol. The second-order valence-corrected chi connectivity index (χ2v) is 7.52. The zero-order chi connectivity index (χ0) is 18.8. The van der Waals surface area contributed by atoms with E-state index in [9.17, 15) is 4.79 Å². The van der Waals surface area contributed by atoms with E-state index in [1.165, 1.54) is 0 Å². The average molecular weight is 384 g/mol. The number of nitrogens with zero attached hydrogens (tertiary/aromatic N) is 4. The highest BCUT2D eigenvalue weighted by Crippen LogP contribution is 2.25. The Morgan fingerprint density at radius 3 is 3.07 bits per heavy atom. The van der Waals surface area contributed by atoms with E-state index in [4.69, 9.17) is 11.6 Å². The summed E-state index contributed by atoms with van der Waals surface area (Å²) in [5.41, 5.74) is 3.51. The van der Waals surface area contributed by atoms with E-state index in [-0.39, 0.29) is 6.03 Å². The minimum atomic E-state index is -0.0981. The monoisotopic (exact) mass is 383 g/mol. The fourth-order valence-electron chi connectivity index (χ4n) is 3.62. The van der Waals surface area contributed by atoms with Gasteiger partial charge in [-0.05, 0) is 55.5 Å². The molecule has 0 saturated carbocycles. The van der Waals surface area contributed by atoms with Crippen molar-refractivity contribution in [2.75, 3.05) is 18.4 Å². The van der Waals surface area contributed by atoms with Gasteiger partial charge in [0.1, 0.15) is 5.52 Å². The van der Waals surface area contributed by atoms with Gasteiger partial charge < -0.3 is 14.8 Å². The van der Waals surface area contributed by atoms with Gasteiger partial charge in [-0.2, -0.15) is 0 Å². The number of benzene rings is 1. The molecule has 1 N–H and O–H groups in total. The summed E-state index contributed by atoms with van der Waals surface area (Å²) in [5, 5.41) is 3.50. The van der Waals surface area contributed by atoms with Crippen molar-refractivity contribution in [2.24, 2.45) is 5.92 Å². The molecule has 0 bridgehead atoms. The number of hydrogen-bond donors (Lipinski definition) is 1. The van der Waals surface area contributed by atoms with Crippen molar-refractivity contribution < 1.29 is 4.79 Å². The second-order valence-electron chi connectivity index (χ2n) is 7.11. The number of carbonyl (C=O) groups is 1. The first kappa shape index (κ1) is 17.8. The van der Waals surface area contributed by atoms with Gasteiger partial charge in [-0.1, -0.05) is 17.7 Å². The zero-order valence-electron chi connectivity index (χ0n) is 15.2. The molecule has 2 amide bonds. The highest BCUT2D eigenvalue weighted by molar-refractivity contribution is 6.33. The van der Waals surface area contributed by atoms with Crippen molar-refractivity contribution in [1.29, 1.82) is 0 Å². The highest BCUT2D eigenvalue weighted by Gasteiger charge is 2.25. The Bertz CT molecular complexity index is 970. The van der Waals surface area contributed by atoms with Crippen LogP contribution in [0.25, 0.3) is 11.2 Å². The summed E-state index contributed by atoms with van der Waals surface area (Å²) in [6, 6.07) is 9.40. The Balaban J connectivity index is 1.42. The van der Waals surface area contributed by atoms with Gasteiger partial charge in [0.05, 0.1) is 17.0 Å². The fraction of sp³-hybridized carbons (Fsp3) is 0.350. The molecule has 6 nitrogen and oxygen atoms in total. The van der Waals surface area contributed by atoms with Crippen LogP contribution in [0.1, 0.15) is 18.4 Å². The Labute approximate surface area is 163 Å².